The summed E-state index contributed by atoms with van der Waals surface area (Å²) >= 11 is 0. The van der Waals surface area contributed by atoms with E-state index < -0.39 is 16.0 Å². The van der Waals surface area contributed by atoms with Crippen LogP contribution in [0.15, 0.2) is 23.1 Å². The molecule has 1 rings (SSSR count). The summed E-state index contributed by atoms with van der Waals surface area (Å²) < 4.78 is 27.6. The number of aryl methyl sites for hydroxylation is 1. The summed E-state index contributed by atoms with van der Waals surface area (Å²) in [7, 11) is -3.74. The molecule has 0 aliphatic carbocycles. The predicted octanol–water partition coefficient (Wildman–Crippen LogP) is 2.68. The highest BCUT2D eigenvalue weighted by atomic mass is 32.2. The lowest BCUT2D eigenvalue weighted by Crippen LogP contribution is -2.40. The molecule has 0 aliphatic heterocycles. The lowest BCUT2D eigenvalue weighted by atomic mass is 10.1. The van der Waals surface area contributed by atoms with Crippen molar-refractivity contribution in [1.29, 1.82) is 0 Å². The van der Waals surface area contributed by atoms with Crippen LogP contribution in [0.2, 0.25) is 0 Å². The fourth-order valence-corrected chi connectivity index (χ4v) is 4.27. The second-order valence-corrected chi connectivity index (χ2v) is 8.50. The first kappa shape index (κ1) is 21.6. The van der Waals surface area contributed by atoms with E-state index in [1.807, 2.05) is 27.7 Å². The topological polar surface area (TPSA) is 77.9 Å². The van der Waals surface area contributed by atoms with Crippen LogP contribution < -0.4 is 0 Å². The molecule has 0 saturated heterocycles. The average Bonchev–Trinajstić information content (AvgIpc) is 2.54. The Hall–Kier alpha value is -1.44. The zero-order valence-corrected chi connectivity index (χ0v) is 16.6. The van der Waals surface area contributed by atoms with Gasteiger partial charge in [-0.1, -0.05) is 33.8 Å². The molecule has 142 valence electrons. The highest BCUT2D eigenvalue weighted by molar-refractivity contribution is 7.89. The Balaban J connectivity index is 3.18. The number of carbonyl (C=O) groups is 1. The van der Waals surface area contributed by atoms with Crippen molar-refractivity contribution < 1.29 is 18.3 Å². The summed E-state index contributed by atoms with van der Waals surface area (Å²) in [5.74, 6) is -0.941. The first-order valence-corrected chi connectivity index (χ1v) is 10.1. The minimum Gasteiger partial charge on any atom is -0.478 e. The zero-order valence-electron chi connectivity index (χ0n) is 15.8. The van der Waals surface area contributed by atoms with E-state index in [4.69, 9.17) is 0 Å². The van der Waals surface area contributed by atoms with Gasteiger partial charge in [-0.3, -0.25) is 0 Å². The number of likely N-dealkylation sites (N-methyl/N-ethyl adjacent to an activating group) is 1. The Morgan fingerprint density at radius 2 is 1.76 bits per heavy atom. The van der Waals surface area contributed by atoms with E-state index in [1.54, 1.807) is 13.0 Å². The lowest BCUT2D eigenvalue weighted by molar-refractivity contribution is 0.0696. The van der Waals surface area contributed by atoms with E-state index in [2.05, 4.69) is 4.90 Å². The number of aromatic carboxylic acids is 1. The van der Waals surface area contributed by atoms with Crippen LogP contribution >= 0.6 is 0 Å². The number of sulfonamides is 1. The van der Waals surface area contributed by atoms with Gasteiger partial charge in [0, 0.05) is 19.6 Å². The summed E-state index contributed by atoms with van der Waals surface area (Å²) in [5, 5.41) is 9.26. The van der Waals surface area contributed by atoms with Gasteiger partial charge in [0.2, 0.25) is 10.0 Å². The van der Waals surface area contributed by atoms with Crippen molar-refractivity contribution >= 4 is 16.0 Å². The zero-order chi connectivity index (χ0) is 19.2. The van der Waals surface area contributed by atoms with E-state index in [0.717, 1.165) is 13.1 Å². The van der Waals surface area contributed by atoms with Gasteiger partial charge in [-0.15, -0.1) is 0 Å². The van der Waals surface area contributed by atoms with Gasteiger partial charge >= 0.3 is 5.97 Å². The molecule has 0 aliphatic rings. The van der Waals surface area contributed by atoms with Crippen molar-refractivity contribution in [3.63, 3.8) is 0 Å². The summed E-state index contributed by atoms with van der Waals surface area (Å²) in [5.41, 5.74) is 0.569. The number of hydrogen-bond donors (Lipinski definition) is 1. The molecule has 0 radical (unpaired) electrons. The van der Waals surface area contributed by atoms with E-state index >= 15 is 0 Å². The van der Waals surface area contributed by atoms with Gasteiger partial charge in [0.25, 0.3) is 0 Å². The van der Waals surface area contributed by atoms with Crippen LogP contribution in [0.4, 0.5) is 0 Å². The molecule has 1 N–H and O–H groups in total. The monoisotopic (exact) mass is 370 g/mol. The summed E-state index contributed by atoms with van der Waals surface area (Å²) in [6, 6.07) is 4.30. The van der Waals surface area contributed by atoms with Crippen LogP contribution in [-0.4, -0.2) is 61.4 Å². The Kier molecular flexibility index (Phi) is 8.05. The molecule has 0 saturated carbocycles. The molecule has 25 heavy (non-hydrogen) atoms. The van der Waals surface area contributed by atoms with Crippen LogP contribution in [0.3, 0.4) is 0 Å². The molecule has 7 heteroatoms. The number of carboxylic acid groups (broad SMARTS) is 1. The van der Waals surface area contributed by atoms with E-state index in [-0.39, 0.29) is 16.4 Å². The molecular formula is C18H30N2O4S. The third kappa shape index (κ3) is 5.80. The molecule has 0 spiro atoms. The van der Waals surface area contributed by atoms with E-state index in [0.29, 0.717) is 25.2 Å². The average molecular weight is 371 g/mol. The number of rotatable bonds is 10. The molecule has 0 heterocycles. The molecule has 0 aromatic heterocycles. The number of hydrogen-bond acceptors (Lipinski definition) is 4. The molecule has 0 atom stereocenters. The van der Waals surface area contributed by atoms with Gasteiger partial charge in [-0.2, -0.15) is 4.31 Å². The SMILES string of the molecule is CCN(CC)CCN(CC(C)C)S(=O)(=O)c1ccc(C)c(C(=O)O)c1. The third-order valence-corrected chi connectivity index (χ3v) is 6.07. The van der Waals surface area contributed by atoms with Crippen molar-refractivity contribution in [1.82, 2.24) is 9.21 Å². The van der Waals surface area contributed by atoms with Gasteiger partial charge in [0.05, 0.1) is 10.5 Å². The Bertz CT molecular complexity index is 682. The van der Waals surface area contributed by atoms with Crippen molar-refractivity contribution in [2.75, 3.05) is 32.7 Å². The molecule has 0 fully saturated rings. The van der Waals surface area contributed by atoms with Crippen molar-refractivity contribution in [2.24, 2.45) is 5.92 Å². The fourth-order valence-electron chi connectivity index (χ4n) is 2.65. The van der Waals surface area contributed by atoms with Gasteiger partial charge in [-0.25, -0.2) is 13.2 Å². The Labute approximate surface area is 151 Å². The van der Waals surface area contributed by atoms with Crippen molar-refractivity contribution in [2.45, 2.75) is 39.5 Å². The molecule has 1 aromatic rings. The second kappa shape index (κ2) is 9.31. The summed E-state index contributed by atoms with van der Waals surface area (Å²) in [6.07, 6.45) is 0. The second-order valence-electron chi connectivity index (χ2n) is 6.57. The molecular weight excluding hydrogens is 340 g/mol. The standard InChI is InChI=1S/C18H30N2O4S/c1-6-19(7-2)10-11-20(13-14(3)4)25(23,24)16-9-8-15(5)17(12-16)18(21)22/h8-9,12,14H,6-7,10-11,13H2,1-5H3,(H,21,22). The Morgan fingerprint density at radius 1 is 1.16 bits per heavy atom. The van der Waals surface area contributed by atoms with Crippen molar-refractivity contribution in [3.05, 3.63) is 29.3 Å². The maximum atomic E-state index is 13.1. The number of carboxylic acids is 1. The van der Waals surface area contributed by atoms with Crippen LogP contribution in [0, 0.1) is 12.8 Å². The maximum absolute atomic E-state index is 13.1. The normalized spacial score (nSPS) is 12.3. The lowest BCUT2D eigenvalue weighted by Gasteiger charge is -2.27. The molecule has 0 unspecified atom stereocenters. The summed E-state index contributed by atoms with van der Waals surface area (Å²) in [6.45, 7) is 12.9. The quantitative estimate of drug-likeness (QED) is 0.685. The Morgan fingerprint density at radius 3 is 2.24 bits per heavy atom. The molecule has 0 amide bonds. The van der Waals surface area contributed by atoms with Crippen LogP contribution in [0.5, 0.6) is 0 Å². The maximum Gasteiger partial charge on any atom is 0.335 e. The smallest absolute Gasteiger partial charge is 0.335 e. The van der Waals surface area contributed by atoms with Gasteiger partial charge in [-0.05, 0) is 43.6 Å². The van der Waals surface area contributed by atoms with Crippen LogP contribution in [0.1, 0.15) is 43.6 Å². The number of nitrogens with zero attached hydrogens (tertiary/aromatic N) is 2. The number of benzene rings is 1. The fraction of sp³-hybridized carbons (Fsp3) is 0.611. The molecule has 1 aromatic carbocycles. The molecule has 0 bridgehead atoms. The minimum atomic E-state index is -3.74. The van der Waals surface area contributed by atoms with Crippen molar-refractivity contribution in [3.8, 4) is 0 Å². The van der Waals surface area contributed by atoms with Gasteiger partial charge in [0.15, 0.2) is 0 Å². The summed E-state index contributed by atoms with van der Waals surface area (Å²) in [4.78, 5) is 13.5. The van der Waals surface area contributed by atoms with Gasteiger partial charge < -0.3 is 10.0 Å². The van der Waals surface area contributed by atoms with Gasteiger partial charge in [0.1, 0.15) is 0 Å². The largest absolute Gasteiger partial charge is 0.478 e. The first-order chi connectivity index (χ1) is 11.6. The highest BCUT2D eigenvalue weighted by Gasteiger charge is 2.26. The molecule has 6 nitrogen and oxygen atoms in total. The van der Waals surface area contributed by atoms with Crippen LogP contribution in [0.25, 0.3) is 0 Å². The highest BCUT2D eigenvalue weighted by Crippen LogP contribution is 2.21. The van der Waals surface area contributed by atoms with Crippen LogP contribution in [-0.2, 0) is 10.0 Å². The minimum absolute atomic E-state index is 0.0225. The predicted molar refractivity (Wildman–Crippen MR) is 99.5 cm³/mol. The third-order valence-electron chi connectivity index (χ3n) is 4.21. The van der Waals surface area contributed by atoms with E-state index in [1.165, 1.54) is 16.4 Å². The first-order valence-electron chi connectivity index (χ1n) is 8.69. The van der Waals surface area contributed by atoms with E-state index in [9.17, 15) is 18.3 Å².